The molecule has 0 amide bonds. The first kappa shape index (κ1) is 13.9. The van der Waals surface area contributed by atoms with E-state index >= 15 is 0 Å². The molecule has 14 heavy (non-hydrogen) atoms. The highest BCUT2D eigenvalue weighted by Crippen LogP contribution is 2.30. The molecular weight excluding hydrogens is 180 g/mol. The average molecular weight is 204 g/mol. The van der Waals surface area contributed by atoms with E-state index in [-0.39, 0.29) is 17.8 Å². The average Bonchev–Trinajstić information content (AvgIpc) is 2.15. The molecule has 0 heterocycles. The van der Waals surface area contributed by atoms with Gasteiger partial charge in [0, 0.05) is 19.6 Å². The van der Waals surface area contributed by atoms with Crippen LogP contribution in [0.15, 0.2) is 0 Å². The Morgan fingerprint density at radius 2 is 1.71 bits per heavy atom. The van der Waals surface area contributed by atoms with Gasteiger partial charge >= 0.3 is 0 Å². The Morgan fingerprint density at radius 1 is 1.21 bits per heavy atom. The summed E-state index contributed by atoms with van der Waals surface area (Å²) in [6, 6.07) is 0. The highest BCUT2D eigenvalue weighted by molar-refractivity contribution is 4.81. The monoisotopic (exact) mass is 204 g/mol. The van der Waals surface area contributed by atoms with E-state index in [1.807, 2.05) is 13.8 Å². The van der Waals surface area contributed by atoms with Crippen LogP contribution in [0.2, 0.25) is 0 Å². The van der Waals surface area contributed by atoms with E-state index in [1.165, 1.54) is 0 Å². The van der Waals surface area contributed by atoms with E-state index in [9.17, 15) is 5.11 Å². The lowest BCUT2D eigenvalue weighted by Crippen LogP contribution is -2.42. The van der Waals surface area contributed by atoms with Gasteiger partial charge in [0.15, 0.2) is 6.29 Å². The maximum Gasteiger partial charge on any atom is 0.164 e. The van der Waals surface area contributed by atoms with Crippen LogP contribution in [-0.4, -0.2) is 31.7 Å². The van der Waals surface area contributed by atoms with Gasteiger partial charge in [0.25, 0.3) is 0 Å². The first-order valence-electron chi connectivity index (χ1n) is 5.24. The predicted octanol–water partition coefficient (Wildman–Crippen LogP) is 2.18. The van der Waals surface area contributed by atoms with Crippen LogP contribution in [0.1, 0.15) is 40.0 Å². The van der Waals surface area contributed by atoms with Crippen molar-refractivity contribution < 1.29 is 14.6 Å². The topological polar surface area (TPSA) is 38.7 Å². The van der Waals surface area contributed by atoms with Crippen LogP contribution in [0.25, 0.3) is 0 Å². The van der Waals surface area contributed by atoms with Crippen LogP contribution in [0, 0.1) is 5.41 Å². The molecule has 0 bridgehead atoms. The Hall–Kier alpha value is -0.120. The molecule has 0 aliphatic carbocycles. The SMILES string of the molecule is CCCC[C@@H](O)C(C)(C)C(OC)OC. The van der Waals surface area contributed by atoms with Crippen LogP contribution in [-0.2, 0) is 9.47 Å². The molecule has 1 atom stereocenters. The number of unbranched alkanes of at least 4 members (excludes halogenated alkanes) is 1. The van der Waals surface area contributed by atoms with Crippen molar-refractivity contribution in [2.24, 2.45) is 5.41 Å². The van der Waals surface area contributed by atoms with Crippen molar-refractivity contribution in [1.82, 2.24) is 0 Å². The van der Waals surface area contributed by atoms with E-state index in [0.29, 0.717) is 0 Å². The van der Waals surface area contributed by atoms with Gasteiger partial charge in [-0.3, -0.25) is 0 Å². The molecule has 0 fully saturated rings. The van der Waals surface area contributed by atoms with Crippen molar-refractivity contribution in [1.29, 1.82) is 0 Å². The number of hydrogen-bond acceptors (Lipinski definition) is 3. The minimum atomic E-state index is -0.382. The summed E-state index contributed by atoms with van der Waals surface area (Å²) in [7, 11) is 3.20. The third-order valence-corrected chi connectivity index (χ3v) is 2.73. The predicted molar refractivity (Wildman–Crippen MR) is 57.1 cm³/mol. The molecule has 86 valence electrons. The number of hydrogen-bond donors (Lipinski definition) is 1. The second-order valence-corrected chi connectivity index (χ2v) is 4.28. The zero-order valence-corrected chi connectivity index (χ0v) is 10.0. The van der Waals surface area contributed by atoms with Crippen molar-refractivity contribution in [3.05, 3.63) is 0 Å². The molecule has 0 aromatic heterocycles. The first-order valence-corrected chi connectivity index (χ1v) is 5.24. The van der Waals surface area contributed by atoms with E-state index in [2.05, 4.69) is 6.92 Å². The number of rotatable bonds is 7. The van der Waals surface area contributed by atoms with Crippen LogP contribution in [0.3, 0.4) is 0 Å². The zero-order valence-electron chi connectivity index (χ0n) is 10.0. The molecule has 0 radical (unpaired) electrons. The van der Waals surface area contributed by atoms with Gasteiger partial charge in [-0.1, -0.05) is 33.6 Å². The van der Waals surface area contributed by atoms with Crippen molar-refractivity contribution in [2.75, 3.05) is 14.2 Å². The van der Waals surface area contributed by atoms with Gasteiger partial charge in [0.1, 0.15) is 0 Å². The van der Waals surface area contributed by atoms with Crippen molar-refractivity contribution in [2.45, 2.75) is 52.4 Å². The highest BCUT2D eigenvalue weighted by Gasteiger charge is 2.36. The molecule has 0 saturated carbocycles. The Balaban J connectivity index is 4.25. The summed E-state index contributed by atoms with van der Waals surface area (Å²) in [5, 5.41) is 9.98. The largest absolute Gasteiger partial charge is 0.392 e. The summed E-state index contributed by atoms with van der Waals surface area (Å²) in [6.07, 6.45) is 2.19. The van der Waals surface area contributed by atoms with Crippen molar-refractivity contribution >= 4 is 0 Å². The van der Waals surface area contributed by atoms with Gasteiger partial charge in [0.2, 0.25) is 0 Å². The number of aliphatic hydroxyl groups excluding tert-OH is 1. The molecule has 0 rings (SSSR count). The summed E-state index contributed by atoms with van der Waals surface area (Å²) in [5.74, 6) is 0. The lowest BCUT2D eigenvalue weighted by molar-refractivity contribution is -0.198. The van der Waals surface area contributed by atoms with Crippen LogP contribution in [0.4, 0.5) is 0 Å². The van der Waals surface area contributed by atoms with Crippen LogP contribution < -0.4 is 0 Å². The number of ether oxygens (including phenoxy) is 2. The Kier molecular flexibility index (Phi) is 6.33. The summed E-state index contributed by atoms with van der Waals surface area (Å²) in [4.78, 5) is 0. The smallest absolute Gasteiger partial charge is 0.164 e. The Labute approximate surface area is 87.4 Å². The quantitative estimate of drug-likeness (QED) is 0.646. The van der Waals surface area contributed by atoms with Crippen LogP contribution >= 0.6 is 0 Å². The molecule has 3 nitrogen and oxygen atoms in total. The fourth-order valence-electron chi connectivity index (χ4n) is 1.63. The lowest BCUT2D eigenvalue weighted by Gasteiger charge is -2.36. The molecule has 1 N–H and O–H groups in total. The lowest BCUT2D eigenvalue weighted by atomic mass is 9.83. The highest BCUT2D eigenvalue weighted by atomic mass is 16.7. The first-order chi connectivity index (χ1) is 6.50. The molecule has 0 aliphatic rings. The number of methoxy groups -OCH3 is 2. The summed E-state index contributed by atoms with van der Waals surface area (Å²) < 4.78 is 10.4. The summed E-state index contributed by atoms with van der Waals surface area (Å²) in [6.45, 7) is 6.04. The summed E-state index contributed by atoms with van der Waals surface area (Å²) >= 11 is 0. The molecule has 0 aromatic rings. The second-order valence-electron chi connectivity index (χ2n) is 4.28. The molecule has 0 spiro atoms. The Morgan fingerprint density at radius 3 is 2.07 bits per heavy atom. The van der Waals surface area contributed by atoms with Crippen molar-refractivity contribution in [3.8, 4) is 0 Å². The molecule has 3 heteroatoms. The van der Waals surface area contributed by atoms with Gasteiger partial charge in [-0.15, -0.1) is 0 Å². The van der Waals surface area contributed by atoms with E-state index in [0.717, 1.165) is 19.3 Å². The summed E-state index contributed by atoms with van der Waals surface area (Å²) in [5.41, 5.74) is -0.362. The standard InChI is InChI=1S/C11H24O3/c1-6-7-8-9(12)11(2,3)10(13-4)14-5/h9-10,12H,6-8H2,1-5H3/t9-/m1/s1. The fourth-order valence-corrected chi connectivity index (χ4v) is 1.63. The molecular formula is C11H24O3. The minimum absolute atomic E-state index is 0.352. The van der Waals surface area contributed by atoms with Gasteiger partial charge in [-0.05, 0) is 6.42 Å². The van der Waals surface area contributed by atoms with E-state index in [1.54, 1.807) is 14.2 Å². The number of aliphatic hydroxyl groups is 1. The fraction of sp³-hybridized carbons (Fsp3) is 1.00. The van der Waals surface area contributed by atoms with Gasteiger partial charge in [-0.25, -0.2) is 0 Å². The second kappa shape index (κ2) is 6.38. The minimum Gasteiger partial charge on any atom is -0.392 e. The van der Waals surface area contributed by atoms with Crippen molar-refractivity contribution in [3.63, 3.8) is 0 Å². The van der Waals surface area contributed by atoms with Gasteiger partial charge in [0.05, 0.1) is 6.10 Å². The molecule has 0 unspecified atom stereocenters. The molecule has 0 saturated heterocycles. The third kappa shape index (κ3) is 3.56. The van der Waals surface area contributed by atoms with Gasteiger partial charge < -0.3 is 14.6 Å². The Bertz CT molecular complexity index is 141. The van der Waals surface area contributed by atoms with Crippen LogP contribution in [0.5, 0.6) is 0 Å². The zero-order chi connectivity index (χ0) is 11.2. The molecule has 0 aromatic carbocycles. The maximum atomic E-state index is 9.98. The molecule has 0 aliphatic heterocycles. The normalized spacial score (nSPS) is 14.8. The van der Waals surface area contributed by atoms with Gasteiger partial charge in [-0.2, -0.15) is 0 Å². The van der Waals surface area contributed by atoms with E-state index < -0.39 is 0 Å². The van der Waals surface area contributed by atoms with E-state index in [4.69, 9.17) is 9.47 Å². The maximum absolute atomic E-state index is 9.98. The third-order valence-electron chi connectivity index (χ3n) is 2.73.